The van der Waals surface area contributed by atoms with Crippen LogP contribution in [0, 0.1) is 5.92 Å². The van der Waals surface area contributed by atoms with Crippen molar-refractivity contribution in [2.24, 2.45) is 11.7 Å². The van der Waals surface area contributed by atoms with Crippen molar-refractivity contribution in [3.05, 3.63) is 36.1 Å². The lowest BCUT2D eigenvalue weighted by Crippen LogP contribution is -2.37. The van der Waals surface area contributed by atoms with Crippen LogP contribution >= 0.6 is 12.4 Å². The summed E-state index contributed by atoms with van der Waals surface area (Å²) in [6.45, 7) is 1.95. The summed E-state index contributed by atoms with van der Waals surface area (Å²) in [4.78, 5) is 12.2. The van der Waals surface area contributed by atoms with E-state index in [2.05, 4.69) is 5.32 Å². The molecule has 1 saturated carbocycles. The first-order valence-electron chi connectivity index (χ1n) is 8.17. The second-order valence-corrected chi connectivity index (χ2v) is 6.39. The highest BCUT2D eigenvalue weighted by atomic mass is 35.5. The quantitative estimate of drug-likeness (QED) is 0.888. The van der Waals surface area contributed by atoms with Crippen molar-refractivity contribution < 1.29 is 9.21 Å². The Balaban J connectivity index is 0.00000192. The number of para-hydroxylation sites is 1. The number of amides is 1. The number of nitrogens with one attached hydrogen (secondary N) is 1. The maximum Gasteiger partial charge on any atom is 0.220 e. The number of carbonyl (C=O) groups is 1. The van der Waals surface area contributed by atoms with Gasteiger partial charge in [0.15, 0.2) is 0 Å². The summed E-state index contributed by atoms with van der Waals surface area (Å²) in [6.07, 6.45) is 5.00. The molecule has 2 aromatic rings. The van der Waals surface area contributed by atoms with Gasteiger partial charge < -0.3 is 15.5 Å². The molecule has 1 aromatic carbocycles. The first kappa shape index (κ1) is 17.8. The van der Waals surface area contributed by atoms with Gasteiger partial charge in [-0.15, -0.1) is 12.4 Å². The molecule has 126 valence electrons. The van der Waals surface area contributed by atoms with Crippen molar-refractivity contribution in [3.8, 4) is 0 Å². The fourth-order valence-corrected chi connectivity index (χ4v) is 3.32. The molecule has 0 aliphatic heterocycles. The molecule has 0 bridgehead atoms. The summed E-state index contributed by atoms with van der Waals surface area (Å²) in [7, 11) is 0. The van der Waals surface area contributed by atoms with Gasteiger partial charge in [-0.1, -0.05) is 31.0 Å². The summed E-state index contributed by atoms with van der Waals surface area (Å²) in [6, 6.07) is 9.91. The number of nitrogens with two attached hydrogens (primary N) is 1. The third-order valence-electron chi connectivity index (χ3n) is 4.66. The Hall–Kier alpha value is -1.52. The zero-order valence-electron chi connectivity index (χ0n) is 13.5. The Labute approximate surface area is 143 Å². The van der Waals surface area contributed by atoms with E-state index in [0.29, 0.717) is 12.3 Å². The van der Waals surface area contributed by atoms with E-state index in [4.69, 9.17) is 10.2 Å². The summed E-state index contributed by atoms with van der Waals surface area (Å²) in [5, 5.41) is 4.10. The zero-order chi connectivity index (χ0) is 15.5. The molecule has 1 aliphatic rings. The Morgan fingerprint density at radius 2 is 2.09 bits per heavy atom. The normalized spacial score (nSPS) is 22.3. The number of carbonyl (C=O) groups excluding carboxylic acids is 1. The van der Waals surface area contributed by atoms with Gasteiger partial charge in [-0.05, 0) is 37.8 Å². The van der Waals surface area contributed by atoms with E-state index < -0.39 is 0 Å². The Morgan fingerprint density at radius 3 is 2.83 bits per heavy atom. The Kier molecular flexibility index (Phi) is 6.08. The molecular weight excluding hydrogens is 312 g/mol. The first-order chi connectivity index (χ1) is 10.6. The molecule has 1 aromatic heterocycles. The molecule has 3 unspecified atom stereocenters. The van der Waals surface area contributed by atoms with Gasteiger partial charge in [0.1, 0.15) is 11.3 Å². The standard InChI is InChI=1S/C18H24N2O2.ClH/c1-12(17-10-14-7-3-5-9-16(14)22-17)20-18(21)11-13-6-2-4-8-15(13)19;/h3,5,7,9-10,12-13,15H,2,4,6,8,11,19H2,1H3,(H,20,21);1H. The van der Waals surface area contributed by atoms with Crippen molar-refractivity contribution in [2.75, 3.05) is 0 Å². The number of furan rings is 1. The fraction of sp³-hybridized carbons (Fsp3) is 0.500. The molecule has 3 rings (SSSR count). The molecule has 0 radical (unpaired) electrons. The molecule has 1 fully saturated rings. The topological polar surface area (TPSA) is 68.3 Å². The van der Waals surface area contributed by atoms with Crippen LogP contribution in [0.25, 0.3) is 11.0 Å². The van der Waals surface area contributed by atoms with Gasteiger partial charge in [-0.2, -0.15) is 0 Å². The van der Waals surface area contributed by atoms with Gasteiger partial charge in [0.05, 0.1) is 6.04 Å². The van der Waals surface area contributed by atoms with Crippen molar-refractivity contribution in [2.45, 2.75) is 51.1 Å². The monoisotopic (exact) mass is 336 g/mol. The van der Waals surface area contributed by atoms with Crippen molar-refractivity contribution >= 4 is 29.3 Å². The van der Waals surface area contributed by atoms with Gasteiger partial charge in [-0.25, -0.2) is 0 Å². The fourth-order valence-electron chi connectivity index (χ4n) is 3.32. The number of halogens is 1. The third kappa shape index (κ3) is 4.27. The van der Waals surface area contributed by atoms with Gasteiger partial charge in [0, 0.05) is 17.8 Å². The molecule has 0 spiro atoms. The minimum absolute atomic E-state index is 0. The van der Waals surface area contributed by atoms with Crippen molar-refractivity contribution in [1.29, 1.82) is 0 Å². The lowest BCUT2D eigenvalue weighted by Gasteiger charge is -2.28. The van der Waals surface area contributed by atoms with Crippen LogP contribution in [0.4, 0.5) is 0 Å². The summed E-state index contributed by atoms with van der Waals surface area (Å²) < 4.78 is 5.80. The Morgan fingerprint density at radius 1 is 1.35 bits per heavy atom. The molecule has 1 heterocycles. The smallest absolute Gasteiger partial charge is 0.220 e. The van der Waals surface area contributed by atoms with E-state index in [1.165, 1.54) is 12.8 Å². The number of hydrogen-bond acceptors (Lipinski definition) is 3. The number of fused-ring (bicyclic) bond motifs is 1. The molecule has 5 heteroatoms. The summed E-state index contributed by atoms with van der Waals surface area (Å²) in [5.74, 6) is 1.18. The van der Waals surface area contributed by atoms with Crippen LogP contribution in [-0.4, -0.2) is 11.9 Å². The molecule has 4 nitrogen and oxygen atoms in total. The SMILES string of the molecule is CC(NC(=O)CC1CCCCC1N)c1cc2ccccc2o1.Cl. The molecule has 3 N–H and O–H groups in total. The molecule has 23 heavy (non-hydrogen) atoms. The van der Waals surface area contributed by atoms with Crippen LogP contribution in [0.3, 0.4) is 0 Å². The van der Waals surface area contributed by atoms with Gasteiger partial charge in [0.25, 0.3) is 0 Å². The maximum atomic E-state index is 12.2. The van der Waals surface area contributed by atoms with Crippen LogP contribution in [-0.2, 0) is 4.79 Å². The van der Waals surface area contributed by atoms with E-state index in [1.807, 2.05) is 37.3 Å². The van der Waals surface area contributed by atoms with E-state index >= 15 is 0 Å². The van der Waals surface area contributed by atoms with Crippen LogP contribution in [0.2, 0.25) is 0 Å². The predicted molar refractivity (Wildman–Crippen MR) is 94.6 cm³/mol. The van der Waals surface area contributed by atoms with E-state index in [-0.39, 0.29) is 30.4 Å². The molecular formula is C18H25ClN2O2. The van der Waals surface area contributed by atoms with Gasteiger partial charge in [0.2, 0.25) is 5.91 Å². The van der Waals surface area contributed by atoms with Crippen LogP contribution in [0.5, 0.6) is 0 Å². The average molecular weight is 337 g/mol. The minimum Gasteiger partial charge on any atom is -0.459 e. The van der Waals surface area contributed by atoms with Crippen molar-refractivity contribution in [1.82, 2.24) is 5.32 Å². The second-order valence-electron chi connectivity index (χ2n) is 6.39. The predicted octanol–water partition coefficient (Wildman–Crippen LogP) is 3.94. The largest absolute Gasteiger partial charge is 0.459 e. The minimum atomic E-state index is -0.125. The highest BCUT2D eigenvalue weighted by Gasteiger charge is 2.25. The lowest BCUT2D eigenvalue weighted by molar-refractivity contribution is -0.123. The second kappa shape index (κ2) is 7.84. The van der Waals surface area contributed by atoms with E-state index in [1.54, 1.807) is 0 Å². The van der Waals surface area contributed by atoms with Crippen LogP contribution in [0.15, 0.2) is 34.7 Å². The molecule has 3 atom stereocenters. The average Bonchev–Trinajstić information content (AvgIpc) is 2.93. The maximum absolute atomic E-state index is 12.2. The van der Waals surface area contributed by atoms with Crippen LogP contribution < -0.4 is 11.1 Å². The lowest BCUT2D eigenvalue weighted by atomic mass is 9.83. The zero-order valence-corrected chi connectivity index (χ0v) is 14.3. The molecule has 1 amide bonds. The highest BCUT2D eigenvalue weighted by molar-refractivity contribution is 5.85. The third-order valence-corrected chi connectivity index (χ3v) is 4.66. The van der Waals surface area contributed by atoms with E-state index in [9.17, 15) is 4.79 Å². The summed E-state index contributed by atoms with van der Waals surface area (Å²) in [5.41, 5.74) is 6.98. The number of benzene rings is 1. The Bertz CT molecular complexity index is 622. The van der Waals surface area contributed by atoms with Crippen molar-refractivity contribution in [3.63, 3.8) is 0 Å². The van der Waals surface area contributed by atoms with Gasteiger partial charge in [-0.3, -0.25) is 4.79 Å². The van der Waals surface area contributed by atoms with E-state index in [0.717, 1.165) is 29.6 Å². The number of hydrogen-bond donors (Lipinski definition) is 2. The first-order valence-corrected chi connectivity index (χ1v) is 8.17. The number of rotatable bonds is 4. The highest BCUT2D eigenvalue weighted by Crippen LogP contribution is 2.27. The molecule has 0 saturated heterocycles. The van der Waals surface area contributed by atoms with Gasteiger partial charge >= 0.3 is 0 Å². The van der Waals surface area contributed by atoms with Crippen LogP contribution in [0.1, 0.15) is 50.8 Å². The summed E-state index contributed by atoms with van der Waals surface area (Å²) >= 11 is 0. The molecule has 1 aliphatic carbocycles.